The predicted molar refractivity (Wildman–Crippen MR) is 84.4 cm³/mol. The highest BCUT2D eigenvalue weighted by molar-refractivity contribution is 5.26. The Morgan fingerprint density at radius 3 is 2.00 bits per heavy atom. The van der Waals surface area contributed by atoms with Gasteiger partial charge in [0.2, 0.25) is 0 Å². The van der Waals surface area contributed by atoms with Crippen LogP contribution in [0.4, 0.5) is 0 Å². The van der Waals surface area contributed by atoms with E-state index in [2.05, 4.69) is 63.9 Å². The maximum atomic E-state index is 6.30. The third kappa shape index (κ3) is 5.33. The van der Waals surface area contributed by atoms with Gasteiger partial charge in [0.05, 0.1) is 0 Å². The molecule has 1 aromatic rings. The van der Waals surface area contributed by atoms with Gasteiger partial charge < -0.3 is 10.6 Å². The van der Waals surface area contributed by atoms with Crippen molar-refractivity contribution in [3.05, 3.63) is 35.4 Å². The van der Waals surface area contributed by atoms with Crippen LogP contribution in [0.1, 0.15) is 57.2 Å². The summed E-state index contributed by atoms with van der Waals surface area (Å²) in [6, 6.07) is 8.87. The van der Waals surface area contributed by atoms with Crippen LogP contribution < -0.4 is 5.73 Å². The first-order chi connectivity index (χ1) is 8.93. The lowest BCUT2D eigenvalue weighted by Gasteiger charge is -2.24. The number of likely N-dealkylation sites (N-methyl/N-ethyl adjacent to an activating group) is 1. The highest BCUT2D eigenvalue weighted by Crippen LogP contribution is 2.18. The van der Waals surface area contributed by atoms with E-state index < -0.39 is 0 Å². The fourth-order valence-electron chi connectivity index (χ4n) is 2.30. The first-order valence-electron chi connectivity index (χ1n) is 7.48. The van der Waals surface area contributed by atoms with E-state index in [-0.39, 0.29) is 6.04 Å². The lowest BCUT2D eigenvalue weighted by Crippen LogP contribution is -2.32. The smallest absolute Gasteiger partial charge is 0.0424 e. The van der Waals surface area contributed by atoms with Crippen molar-refractivity contribution in [2.24, 2.45) is 11.7 Å². The van der Waals surface area contributed by atoms with Crippen LogP contribution >= 0.6 is 0 Å². The third-order valence-corrected chi connectivity index (χ3v) is 3.86. The molecule has 108 valence electrons. The van der Waals surface area contributed by atoms with Crippen molar-refractivity contribution in [3.63, 3.8) is 0 Å². The lowest BCUT2D eigenvalue weighted by molar-refractivity contribution is 0.267. The molecule has 0 radical (unpaired) electrons. The van der Waals surface area contributed by atoms with E-state index in [1.165, 1.54) is 17.5 Å². The van der Waals surface area contributed by atoms with Gasteiger partial charge in [0, 0.05) is 19.1 Å². The topological polar surface area (TPSA) is 29.3 Å². The second-order valence-electron chi connectivity index (χ2n) is 6.16. The molecule has 0 saturated heterocycles. The summed E-state index contributed by atoms with van der Waals surface area (Å²) in [7, 11) is 2.16. The summed E-state index contributed by atoms with van der Waals surface area (Å²) in [4.78, 5) is 2.34. The van der Waals surface area contributed by atoms with Crippen molar-refractivity contribution in [1.82, 2.24) is 4.90 Å². The molecule has 0 aliphatic carbocycles. The van der Waals surface area contributed by atoms with E-state index in [0.29, 0.717) is 5.92 Å². The zero-order valence-corrected chi connectivity index (χ0v) is 13.2. The molecular formula is C17H30N2. The molecule has 19 heavy (non-hydrogen) atoms. The van der Waals surface area contributed by atoms with Gasteiger partial charge in [-0.15, -0.1) is 0 Å². The second-order valence-corrected chi connectivity index (χ2v) is 6.16. The standard InChI is InChI=1S/C17H30N2/c1-6-14(4)11-19(5)12-17(18)16-9-7-15(8-10-16)13(2)3/h7-10,13-14,17H,6,11-12,18H2,1-5H3. The predicted octanol–water partition coefficient (Wildman–Crippen LogP) is 3.79. The Morgan fingerprint density at radius 1 is 1.00 bits per heavy atom. The van der Waals surface area contributed by atoms with Crippen LogP contribution in [0.15, 0.2) is 24.3 Å². The molecule has 0 aliphatic rings. The number of rotatable bonds is 7. The first-order valence-corrected chi connectivity index (χ1v) is 7.48. The molecule has 2 unspecified atom stereocenters. The number of hydrogen-bond acceptors (Lipinski definition) is 2. The molecular weight excluding hydrogens is 232 g/mol. The van der Waals surface area contributed by atoms with Crippen molar-refractivity contribution < 1.29 is 0 Å². The van der Waals surface area contributed by atoms with E-state index in [1.54, 1.807) is 0 Å². The van der Waals surface area contributed by atoms with Crippen LogP contribution in [-0.2, 0) is 0 Å². The Kier molecular flexibility index (Phi) is 6.53. The van der Waals surface area contributed by atoms with E-state index in [4.69, 9.17) is 5.73 Å². The summed E-state index contributed by atoms with van der Waals surface area (Å²) >= 11 is 0. The van der Waals surface area contributed by atoms with Crippen LogP contribution in [0, 0.1) is 5.92 Å². The van der Waals surface area contributed by atoms with Crippen molar-refractivity contribution in [1.29, 1.82) is 0 Å². The molecule has 1 rings (SSSR count). The van der Waals surface area contributed by atoms with E-state index in [1.807, 2.05) is 0 Å². The summed E-state index contributed by atoms with van der Waals surface area (Å²) in [5.74, 6) is 1.32. The lowest BCUT2D eigenvalue weighted by atomic mass is 9.99. The largest absolute Gasteiger partial charge is 0.323 e. The zero-order valence-electron chi connectivity index (χ0n) is 13.2. The molecule has 2 heteroatoms. The first kappa shape index (κ1) is 16.2. The van der Waals surface area contributed by atoms with Gasteiger partial charge in [0.25, 0.3) is 0 Å². The molecule has 0 aromatic heterocycles. The van der Waals surface area contributed by atoms with E-state index in [9.17, 15) is 0 Å². The van der Waals surface area contributed by atoms with Gasteiger partial charge in [0.15, 0.2) is 0 Å². The van der Waals surface area contributed by atoms with Crippen LogP contribution in [0.3, 0.4) is 0 Å². The van der Waals surface area contributed by atoms with Crippen molar-refractivity contribution in [3.8, 4) is 0 Å². The summed E-state index contributed by atoms with van der Waals surface area (Å²) in [6.45, 7) is 11.0. The van der Waals surface area contributed by atoms with Crippen LogP contribution in [0.25, 0.3) is 0 Å². The zero-order chi connectivity index (χ0) is 14.4. The minimum atomic E-state index is 0.107. The molecule has 0 aliphatic heterocycles. The quantitative estimate of drug-likeness (QED) is 0.810. The Labute approximate surface area is 119 Å². The molecule has 0 spiro atoms. The van der Waals surface area contributed by atoms with Gasteiger partial charge in [0.1, 0.15) is 0 Å². The van der Waals surface area contributed by atoms with Gasteiger partial charge in [-0.2, -0.15) is 0 Å². The molecule has 0 bridgehead atoms. The fraction of sp³-hybridized carbons (Fsp3) is 0.647. The van der Waals surface area contributed by atoms with Crippen molar-refractivity contribution in [2.75, 3.05) is 20.1 Å². The van der Waals surface area contributed by atoms with Crippen LogP contribution in [0.5, 0.6) is 0 Å². The molecule has 2 nitrogen and oxygen atoms in total. The summed E-state index contributed by atoms with van der Waals surface area (Å²) < 4.78 is 0. The Hall–Kier alpha value is -0.860. The molecule has 1 aromatic carbocycles. The molecule has 0 saturated carbocycles. The van der Waals surface area contributed by atoms with Gasteiger partial charge >= 0.3 is 0 Å². The van der Waals surface area contributed by atoms with Gasteiger partial charge in [-0.05, 0) is 30.0 Å². The van der Waals surface area contributed by atoms with Crippen molar-refractivity contribution >= 4 is 0 Å². The second kappa shape index (κ2) is 7.66. The Morgan fingerprint density at radius 2 is 1.53 bits per heavy atom. The maximum Gasteiger partial charge on any atom is 0.0424 e. The average molecular weight is 262 g/mol. The van der Waals surface area contributed by atoms with E-state index in [0.717, 1.165) is 19.0 Å². The Bertz CT molecular complexity index is 356. The van der Waals surface area contributed by atoms with Crippen molar-refractivity contribution in [2.45, 2.75) is 46.1 Å². The van der Waals surface area contributed by atoms with Crippen LogP contribution in [0.2, 0.25) is 0 Å². The number of nitrogens with zero attached hydrogens (tertiary/aromatic N) is 1. The van der Waals surface area contributed by atoms with Crippen LogP contribution in [-0.4, -0.2) is 25.0 Å². The van der Waals surface area contributed by atoms with Gasteiger partial charge in [-0.1, -0.05) is 58.4 Å². The number of hydrogen-bond donors (Lipinski definition) is 1. The normalized spacial score (nSPS) is 14.9. The molecule has 0 fully saturated rings. The summed E-state index contributed by atoms with van der Waals surface area (Å²) in [6.07, 6.45) is 1.22. The fourth-order valence-corrected chi connectivity index (χ4v) is 2.30. The number of benzene rings is 1. The monoisotopic (exact) mass is 262 g/mol. The molecule has 2 N–H and O–H groups in total. The summed E-state index contributed by atoms with van der Waals surface area (Å²) in [5.41, 5.74) is 8.91. The Balaban J connectivity index is 2.55. The maximum absolute atomic E-state index is 6.30. The van der Waals surface area contributed by atoms with Gasteiger partial charge in [-0.3, -0.25) is 0 Å². The van der Waals surface area contributed by atoms with Gasteiger partial charge in [-0.25, -0.2) is 0 Å². The minimum absolute atomic E-state index is 0.107. The average Bonchev–Trinajstić information content (AvgIpc) is 2.38. The highest BCUT2D eigenvalue weighted by Gasteiger charge is 2.11. The minimum Gasteiger partial charge on any atom is -0.323 e. The SMILES string of the molecule is CCC(C)CN(C)CC(N)c1ccc(C(C)C)cc1. The molecule has 0 heterocycles. The molecule has 0 amide bonds. The third-order valence-electron chi connectivity index (χ3n) is 3.86. The highest BCUT2D eigenvalue weighted by atomic mass is 15.1. The van der Waals surface area contributed by atoms with E-state index >= 15 is 0 Å². The number of nitrogens with two attached hydrogens (primary N) is 1. The molecule has 2 atom stereocenters. The summed E-state index contributed by atoms with van der Waals surface area (Å²) in [5, 5.41) is 0.